The molecule has 1 aromatic rings. The number of ether oxygens (including phenoxy) is 1. The van der Waals surface area contributed by atoms with Crippen molar-refractivity contribution in [2.45, 2.75) is 17.4 Å². The van der Waals surface area contributed by atoms with E-state index in [1.165, 1.54) is 17.1 Å². The van der Waals surface area contributed by atoms with Gasteiger partial charge in [0, 0.05) is 43.2 Å². The predicted octanol–water partition coefficient (Wildman–Crippen LogP) is 2.88. The van der Waals surface area contributed by atoms with Gasteiger partial charge in [0.2, 0.25) is 5.91 Å². The first-order valence-corrected chi connectivity index (χ1v) is 11.8. The summed E-state index contributed by atoms with van der Waals surface area (Å²) >= 11 is 3.94. The normalized spacial score (nSPS) is 24.2. The van der Waals surface area contributed by atoms with Crippen molar-refractivity contribution in [3.8, 4) is 0 Å². The average molecular weight is 407 g/mol. The van der Waals surface area contributed by atoms with E-state index in [9.17, 15) is 9.59 Å². The minimum atomic E-state index is -0.0774. The van der Waals surface area contributed by atoms with Crippen LogP contribution < -0.4 is 0 Å². The monoisotopic (exact) mass is 406 g/mol. The van der Waals surface area contributed by atoms with E-state index in [-0.39, 0.29) is 17.7 Å². The maximum Gasteiger partial charge on any atom is 0.253 e. The van der Waals surface area contributed by atoms with Crippen LogP contribution in [0.5, 0.6) is 0 Å². The van der Waals surface area contributed by atoms with Gasteiger partial charge in [0.15, 0.2) is 0 Å². The lowest BCUT2D eigenvalue weighted by Gasteiger charge is -2.36. The first kappa shape index (κ1) is 19.2. The summed E-state index contributed by atoms with van der Waals surface area (Å²) in [7, 11) is 0. The molecular weight excluding hydrogens is 380 g/mol. The second-order valence-corrected chi connectivity index (χ2v) is 9.95. The highest BCUT2D eigenvalue weighted by Crippen LogP contribution is 2.45. The number of rotatable bonds is 3. The summed E-state index contributed by atoms with van der Waals surface area (Å²) in [5.41, 5.74) is 2.02. The van der Waals surface area contributed by atoms with Gasteiger partial charge in [-0.25, -0.2) is 0 Å². The number of thioether (sulfide) groups is 2. The summed E-state index contributed by atoms with van der Waals surface area (Å²) in [5.74, 6) is 2.55. The van der Waals surface area contributed by atoms with Crippen LogP contribution in [0.15, 0.2) is 24.3 Å². The third-order valence-corrected chi connectivity index (χ3v) is 8.54. The van der Waals surface area contributed by atoms with Crippen LogP contribution in [0.3, 0.4) is 0 Å². The molecule has 7 heteroatoms. The van der Waals surface area contributed by atoms with Gasteiger partial charge in [-0.3, -0.25) is 9.59 Å². The molecule has 3 aliphatic heterocycles. The van der Waals surface area contributed by atoms with E-state index in [4.69, 9.17) is 4.74 Å². The van der Waals surface area contributed by atoms with Gasteiger partial charge in [-0.15, -0.1) is 23.5 Å². The Morgan fingerprint density at radius 2 is 1.67 bits per heavy atom. The Labute approximate surface area is 169 Å². The minimum Gasteiger partial charge on any atom is -0.378 e. The van der Waals surface area contributed by atoms with E-state index in [0.29, 0.717) is 37.4 Å². The Balaban J connectivity index is 1.38. The van der Waals surface area contributed by atoms with Crippen LogP contribution in [-0.2, 0) is 9.53 Å². The smallest absolute Gasteiger partial charge is 0.253 e. The van der Waals surface area contributed by atoms with Crippen molar-refractivity contribution in [1.82, 2.24) is 9.80 Å². The van der Waals surface area contributed by atoms with E-state index in [1.807, 2.05) is 45.5 Å². The number of carbonyl (C=O) groups is 2. The number of likely N-dealkylation sites (tertiary alicyclic amines) is 1. The van der Waals surface area contributed by atoms with Gasteiger partial charge in [0.1, 0.15) is 0 Å². The summed E-state index contributed by atoms with van der Waals surface area (Å²) in [5, 5.41) is 0. The quantitative estimate of drug-likeness (QED) is 0.773. The number of carbonyl (C=O) groups excluding carboxylic acids is 2. The number of benzene rings is 1. The van der Waals surface area contributed by atoms with Gasteiger partial charge < -0.3 is 14.5 Å². The van der Waals surface area contributed by atoms with Gasteiger partial charge in [0.05, 0.1) is 23.7 Å². The van der Waals surface area contributed by atoms with Crippen molar-refractivity contribution in [2.24, 2.45) is 5.92 Å². The van der Waals surface area contributed by atoms with Crippen molar-refractivity contribution >= 4 is 35.3 Å². The first-order chi connectivity index (χ1) is 13.2. The Bertz CT molecular complexity index is 670. The molecule has 0 saturated carbocycles. The maximum atomic E-state index is 12.9. The number of amides is 2. The highest BCUT2D eigenvalue weighted by atomic mass is 32.2. The lowest BCUT2D eigenvalue weighted by atomic mass is 9.95. The molecule has 2 amide bonds. The second-order valence-electron chi connectivity index (χ2n) is 7.22. The SMILES string of the molecule is O=C(c1ccc(C2SCCS2)cc1)N1CCCC(C(=O)N2CCOCC2)C1. The molecule has 146 valence electrons. The summed E-state index contributed by atoms with van der Waals surface area (Å²) < 4.78 is 5.84. The molecule has 0 radical (unpaired) electrons. The van der Waals surface area contributed by atoms with Crippen molar-refractivity contribution in [2.75, 3.05) is 50.9 Å². The van der Waals surface area contributed by atoms with Crippen molar-refractivity contribution in [3.63, 3.8) is 0 Å². The Hall–Kier alpha value is -1.18. The van der Waals surface area contributed by atoms with E-state index in [0.717, 1.165) is 24.9 Å². The van der Waals surface area contributed by atoms with E-state index in [2.05, 4.69) is 12.1 Å². The Kier molecular flexibility index (Phi) is 6.30. The standard InChI is InChI=1S/C20H26N2O3S2/c23-18(15-3-5-16(6-4-15)20-26-12-13-27-20)22-7-1-2-17(14-22)19(24)21-8-10-25-11-9-21/h3-6,17,20H,1-2,7-14H2. The fourth-order valence-corrected chi connectivity index (χ4v) is 6.78. The summed E-state index contributed by atoms with van der Waals surface area (Å²) in [4.78, 5) is 29.5. The molecule has 0 aromatic heterocycles. The zero-order valence-corrected chi connectivity index (χ0v) is 17.1. The molecule has 0 spiro atoms. The molecule has 27 heavy (non-hydrogen) atoms. The molecule has 3 fully saturated rings. The third-order valence-electron chi connectivity index (χ3n) is 5.43. The van der Waals surface area contributed by atoms with E-state index >= 15 is 0 Å². The van der Waals surface area contributed by atoms with Crippen molar-refractivity contribution in [1.29, 1.82) is 0 Å². The van der Waals surface area contributed by atoms with Crippen LogP contribution in [0, 0.1) is 5.92 Å². The average Bonchev–Trinajstić information content (AvgIpc) is 3.28. The lowest BCUT2D eigenvalue weighted by Crippen LogP contribution is -2.49. The fraction of sp³-hybridized carbons (Fsp3) is 0.600. The minimum absolute atomic E-state index is 0.0488. The molecular formula is C20H26N2O3S2. The number of nitrogens with zero attached hydrogens (tertiary/aromatic N) is 2. The number of hydrogen-bond acceptors (Lipinski definition) is 5. The Morgan fingerprint density at radius 1 is 0.963 bits per heavy atom. The molecule has 1 atom stereocenters. The summed E-state index contributed by atoms with van der Waals surface area (Å²) in [6.45, 7) is 3.84. The van der Waals surface area contributed by atoms with Gasteiger partial charge in [-0.1, -0.05) is 12.1 Å². The van der Waals surface area contributed by atoms with Gasteiger partial charge in [-0.2, -0.15) is 0 Å². The van der Waals surface area contributed by atoms with Crippen molar-refractivity contribution in [3.05, 3.63) is 35.4 Å². The highest BCUT2D eigenvalue weighted by molar-refractivity contribution is 8.19. The predicted molar refractivity (Wildman–Crippen MR) is 110 cm³/mol. The van der Waals surface area contributed by atoms with Crippen LogP contribution in [0.25, 0.3) is 0 Å². The molecule has 5 nitrogen and oxygen atoms in total. The molecule has 0 N–H and O–H groups in total. The molecule has 3 aliphatic rings. The van der Waals surface area contributed by atoms with Gasteiger partial charge in [0.25, 0.3) is 5.91 Å². The van der Waals surface area contributed by atoms with Crippen LogP contribution in [0.2, 0.25) is 0 Å². The molecule has 1 unspecified atom stereocenters. The first-order valence-electron chi connectivity index (χ1n) is 9.71. The zero-order chi connectivity index (χ0) is 18.6. The molecule has 4 rings (SSSR count). The molecule has 3 saturated heterocycles. The fourth-order valence-electron chi connectivity index (χ4n) is 3.92. The van der Waals surface area contributed by atoms with E-state index < -0.39 is 0 Å². The second kappa shape index (κ2) is 8.88. The summed E-state index contributed by atoms with van der Waals surface area (Å²) in [6, 6.07) is 8.07. The maximum absolute atomic E-state index is 12.9. The number of piperidine rings is 1. The molecule has 0 aliphatic carbocycles. The van der Waals surface area contributed by atoms with Crippen LogP contribution in [0.1, 0.15) is 33.3 Å². The topological polar surface area (TPSA) is 49.9 Å². The highest BCUT2D eigenvalue weighted by Gasteiger charge is 2.32. The molecule has 0 bridgehead atoms. The largest absolute Gasteiger partial charge is 0.378 e. The van der Waals surface area contributed by atoms with E-state index in [1.54, 1.807) is 0 Å². The van der Waals surface area contributed by atoms with Crippen LogP contribution >= 0.6 is 23.5 Å². The Morgan fingerprint density at radius 3 is 2.37 bits per heavy atom. The van der Waals surface area contributed by atoms with Gasteiger partial charge in [-0.05, 0) is 30.5 Å². The zero-order valence-electron chi connectivity index (χ0n) is 15.5. The number of hydrogen-bond donors (Lipinski definition) is 0. The van der Waals surface area contributed by atoms with Gasteiger partial charge >= 0.3 is 0 Å². The molecule has 1 aromatic carbocycles. The third kappa shape index (κ3) is 4.46. The lowest BCUT2D eigenvalue weighted by molar-refractivity contribution is -0.141. The van der Waals surface area contributed by atoms with Crippen LogP contribution in [-0.4, -0.2) is 72.5 Å². The van der Waals surface area contributed by atoms with Crippen LogP contribution in [0.4, 0.5) is 0 Å². The summed E-state index contributed by atoms with van der Waals surface area (Å²) in [6.07, 6.45) is 1.76. The number of morpholine rings is 1. The molecule has 3 heterocycles. The van der Waals surface area contributed by atoms with Crippen molar-refractivity contribution < 1.29 is 14.3 Å².